The molecule has 2 saturated heterocycles. The molecule has 3 aliphatic rings. The third-order valence-electron chi connectivity index (χ3n) is 7.72. The van der Waals surface area contributed by atoms with Crippen molar-refractivity contribution in [2.45, 2.75) is 25.3 Å². The molecule has 0 saturated carbocycles. The van der Waals surface area contributed by atoms with E-state index in [1.54, 1.807) is 0 Å². The Balaban J connectivity index is 1.40. The molecule has 2 aromatic carbocycles. The molecule has 6 rings (SSSR count). The van der Waals surface area contributed by atoms with Crippen molar-refractivity contribution in [1.29, 1.82) is 5.41 Å². The van der Waals surface area contributed by atoms with Crippen LogP contribution in [-0.4, -0.2) is 67.3 Å². The van der Waals surface area contributed by atoms with Crippen molar-refractivity contribution in [1.82, 2.24) is 9.88 Å². The van der Waals surface area contributed by atoms with Crippen molar-refractivity contribution in [2.75, 3.05) is 50.0 Å². The largest absolute Gasteiger partial charge is 0.397 e. The lowest BCUT2D eigenvalue weighted by Crippen LogP contribution is -2.56. The summed E-state index contributed by atoms with van der Waals surface area (Å²) in [4.78, 5) is 22.0. The molecule has 1 aromatic heterocycles. The molecule has 33 heavy (non-hydrogen) atoms. The lowest BCUT2D eigenvalue weighted by Gasteiger charge is -2.43. The SMILES string of the molecule is CC1(C)c2cc(N3CCN(C4COC4)CC3)c(N)cc2C(=O)c2c1[nH]c1cc(C=N)ccc21. The van der Waals surface area contributed by atoms with Crippen molar-refractivity contribution >= 4 is 34.3 Å². The van der Waals surface area contributed by atoms with E-state index in [1.165, 1.54) is 6.21 Å². The number of aromatic nitrogens is 1. The predicted octanol–water partition coefficient (Wildman–Crippen LogP) is 3.14. The number of piperazine rings is 1. The summed E-state index contributed by atoms with van der Waals surface area (Å²) in [5.41, 5.74) is 12.9. The number of nitrogens with two attached hydrogens (primary N) is 1. The van der Waals surface area contributed by atoms with Gasteiger partial charge < -0.3 is 25.8 Å². The van der Waals surface area contributed by atoms with Crippen LogP contribution in [0.5, 0.6) is 0 Å². The molecular weight excluding hydrogens is 414 g/mol. The normalized spacial score (nSPS) is 20.4. The fourth-order valence-corrected chi connectivity index (χ4v) is 5.62. The molecular formula is C26H29N5O2. The zero-order chi connectivity index (χ0) is 22.9. The van der Waals surface area contributed by atoms with Crippen molar-refractivity contribution in [3.8, 4) is 0 Å². The van der Waals surface area contributed by atoms with Crippen LogP contribution < -0.4 is 10.6 Å². The van der Waals surface area contributed by atoms with Gasteiger partial charge in [-0.25, -0.2) is 0 Å². The first-order chi connectivity index (χ1) is 15.9. The van der Waals surface area contributed by atoms with Gasteiger partial charge in [-0.3, -0.25) is 9.69 Å². The Labute approximate surface area is 193 Å². The Morgan fingerprint density at radius 2 is 1.91 bits per heavy atom. The molecule has 0 bridgehead atoms. The van der Waals surface area contributed by atoms with Crippen LogP contribution in [0.1, 0.15) is 46.6 Å². The van der Waals surface area contributed by atoms with Crippen LogP contribution in [0.15, 0.2) is 30.3 Å². The third kappa shape index (κ3) is 2.96. The van der Waals surface area contributed by atoms with Crippen LogP contribution >= 0.6 is 0 Å². The van der Waals surface area contributed by atoms with E-state index in [2.05, 4.69) is 34.7 Å². The van der Waals surface area contributed by atoms with Crippen LogP contribution in [0.25, 0.3) is 10.9 Å². The molecule has 0 atom stereocenters. The molecule has 0 spiro atoms. The number of nitrogen functional groups attached to an aromatic ring is 1. The summed E-state index contributed by atoms with van der Waals surface area (Å²) in [6.07, 6.45) is 1.33. The van der Waals surface area contributed by atoms with Gasteiger partial charge in [0.2, 0.25) is 0 Å². The summed E-state index contributed by atoms with van der Waals surface area (Å²) in [5.74, 6) is 0.0150. The number of rotatable bonds is 3. The van der Waals surface area contributed by atoms with E-state index in [0.717, 1.165) is 78.4 Å². The zero-order valence-electron chi connectivity index (χ0n) is 19.1. The first-order valence-electron chi connectivity index (χ1n) is 11.6. The highest BCUT2D eigenvalue weighted by molar-refractivity contribution is 6.20. The first kappa shape index (κ1) is 20.4. The maximum atomic E-state index is 13.7. The average Bonchev–Trinajstić information content (AvgIpc) is 3.17. The molecule has 7 nitrogen and oxygen atoms in total. The quantitative estimate of drug-likeness (QED) is 0.427. The van der Waals surface area contributed by atoms with Crippen LogP contribution in [0, 0.1) is 5.41 Å². The van der Waals surface area contributed by atoms with Crippen molar-refractivity contribution in [3.05, 3.63) is 58.3 Å². The van der Waals surface area contributed by atoms with E-state index < -0.39 is 0 Å². The Morgan fingerprint density at radius 3 is 2.58 bits per heavy atom. The number of nitrogens with one attached hydrogen (secondary N) is 2. The summed E-state index contributed by atoms with van der Waals surface area (Å²) < 4.78 is 5.36. The van der Waals surface area contributed by atoms with Crippen molar-refractivity contribution < 1.29 is 9.53 Å². The number of H-pyrrole nitrogens is 1. The smallest absolute Gasteiger partial charge is 0.195 e. The first-order valence-corrected chi connectivity index (χ1v) is 11.6. The van der Waals surface area contributed by atoms with Gasteiger partial charge in [-0.2, -0.15) is 0 Å². The van der Waals surface area contributed by atoms with Crippen molar-refractivity contribution in [3.63, 3.8) is 0 Å². The Hall–Kier alpha value is -3.16. The van der Waals surface area contributed by atoms with Crippen LogP contribution in [0.2, 0.25) is 0 Å². The maximum Gasteiger partial charge on any atom is 0.195 e. The number of hydrogen-bond acceptors (Lipinski definition) is 6. The van der Waals surface area contributed by atoms with E-state index in [9.17, 15) is 4.79 Å². The van der Waals surface area contributed by atoms with Gasteiger partial charge in [0.15, 0.2) is 5.78 Å². The molecule has 7 heteroatoms. The lowest BCUT2D eigenvalue weighted by atomic mass is 9.71. The molecule has 2 aliphatic heterocycles. The van der Waals surface area contributed by atoms with Gasteiger partial charge in [0.05, 0.1) is 36.2 Å². The number of aromatic amines is 1. The van der Waals surface area contributed by atoms with Crippen LogP contribution in [0.4, 0.5) is 11.4 Å². The van der Waals surface area contributed by atoms with E-state index in [0.29, 0.717) is 17.3 Å². The minimum Gasteiger partial charge on any atom is -0.397 e. The molecule has 3 heterocycles. The number of fused-ring (bicyclic) bond motifs is 4. The van der Waals surface area contributed by atoms with Gasteiger partial charge in [0.25, 0.3) is 0 Å². The van der Waals surface area contributed by atoms with Crippen molar-refractivity contribution in [2.24, 2.45) is 0 Å². The van der Waals surface area contributed by atoms with Gasteiger partial charge in [0, 0.05) is 60.0 Å². The summed E-state index contributed by atoms with van der Waals surface area (Å²) in [7, 11) is 0. The van der Waals surface area contributed by atoms with E-state index >= 15 is 0 Å². The summed E-state index contributed by atoms with van der Waals surface area (Å²) in [5, 5.41) is 8.47. The molecule has 2 fully saturated rings. The number of ketones is 1. The number of benzene rings is 2. The Bertz CT molecular complexity index is 1300. The van der Waals surface area contributed by atoms with Crippen LogP contribution in [0.3, 0.4) is 0 Å². The molecule has 1 aliphatic carbocycles. The number of hydrogen-bond donors (Lipinski definition) is 3. The average molecular weight is 444 g/mol. The summed E-state index contributed by atoms with van der Waals surface area (Å²) >= 11 is 0. The molecule has 170 valence electrons. The zero-order valence-corrected chi connectivity index (χ0v) is 19.1. The van der Waals surface area contributed by atoms with E-state index in [4.69, 9.17) is 15.9 Å². The van der Waals surface area contributed by atoms with Gasteiger partial charge in [0.1, 0.15) is 0 Å². The molecule has 0 amide bonds. The fourth-order valence-electron chi connectivity index (χ4n) is 5.62. The summed E-state index contributed by atoms with van der Waals surface area (Å²) in [6.45, 7) is 9.83. The topological polar surface area (TPSA) is 98.4 Å². The molecule has 0 unspecified atom stereocenters. The minimum absolute atomic E-state index is 0.0150. The van der Waals surface area contributed by atoms with E-state index in [1.807, 2.05) is 24.3 Å². The minimum atomic E-state index is -0.379. The second-order valence-corrected chi connectivity index (χ2v) is 9.95. The monoisotopic (exact) mass is 443 g/mol. The fraction of sp³-hybridized carbons (Fsp3) is 0.385. The highest BCUT2D eigenvalue weighted by Crippen LogP contribution is 2.46. The predicted molar refractivity (Wildman–Crippen MR) is 131 cm³/mol. The Kier molecular flexibility index (Phi) is 4.44. The number of carbonyl (C=O) groups excluding carboxylic acids is 1. The maximum absolute atomic E-state index is 13.7. The molecule has 4 N–H and O–H groups in total. The number of ether oxygens (including phenoxy) is 1. The van der Waals surface area contributed by atoms with Gasteiger partial charge in [-0.05, 0) is 29.3 Å². The number of anilines is 2. The van der Waals surface area contributed by atoms with Gasteiger partial charge in [-0.15, -0.1) is 0 Å². The molecule has 3 aromatic rings. The van der Waals surface area contributed by atoms with Gasteiger partial charge in [-0.1, -0.05) is 26.0 Å². The second kappa shape index (κ2) is 7.17. The lowest BCUT2D eigenvalue weighted by molar-refractivity contribution is -0.0660. The third-order valence-corrected chi connectivity index (χ3v) is 7.72. The van der Waals surface area contributed by atoms with E-state index in [-0.39, 0.29) is 11.2 Å². The second-order valence-electron chi connectivity index (χ2n) is 9.95. The number of carbonyl (C=O) groups is 1. The molecule has 0 radical (unpaired) electrons. The number of nitrogens with zero attached hydrogens (tertiary/aromatic N) is 2. The van der Waals surface area contributed by atoms with Crippen LogP contribution in [-0.2, 0) is 10.2 Å². The standard InChI is InChI=1S/C26H29N5O2/c1-26(2)19-11-22(31-7-5-30(6-8-31)16-13-33-14-16)20(28)10-18(19)24(32)23-17-4-3-15(12-27)9-21(17)29-25(23)26/h3-4,9-12,16,27,29H,5-8,13-14,28H2,1-2H3. The highest BCUT2D eigenvalue weighted by atomic mass is 16.5. The summed E-state index contributed by atoms with van der Waals surface area (Å²) in [6, 6.07) is 10.3. The Morgan fingerprint density at radius 1 is 1.15 bits per heavy atom. The van der Waals surface area contributed by atoms with Gasteiger partial charge >= 0.3 is 0 Å². The highest BCUT2D eigenvalue weighted by Gasteiger charge is 2.40.